The van der Waals surface area contributed by atoms with Gasteiger partial charge in [0.05, 0.1) is 24.2 Å². The molecule has 0 aliphatic heterocycles. The molecular weight excluding hydrogens is 632 g/mol. The van der Waals surface area contributed by atoms with E-state index in [1.54, 1.807) is 0 Å². The Morgan fingerprint density at radius 2 is 0.512 bits per heavy atom. The van der Waals surface area contributed by atoms with Gasteiger partial charge in [0.15, 0.2) is 40.2 Å². The third kappa shape index (κ3) is 4.89. The first kappa shape index (κ1) is 34.7. The van der Waals surface area contributed by atoms with Crippen molar-refractivity contribution in [3.63, 3.8) is 0 Å². The molecule has 0 spiro atoms. The van der Waals surface area contributed by atoms with Gasteiger partial charge in [0.2, 0.25) is 11.6 Å². The zero-order chi connectivity index (χ0) is 33.2. The van der Waals surface area contributed by atoms with E-state index in [1.807, 2.05) is 0 Å². The summed E-state index contributed by atoms with van der Waals surface area (Å²) >= 11 is 0. The van der Waals surface area contributed by atoms with Crippen molar-refractivity contribution in [1.29, 1.82) is 0 Å². The Morgan fingerprint density at radius 3 is 0.721 bits per heavy atom. The Hall–Kier alpha value is -2.83. The summed E-state index contributed by atoms with van der Waals surface area (Å²) in [6, 6.07) is 0. The lowest BCUT2D eigenvalue weighted by molar-refractivity contribution is 0.382. The Morgan fingerprint density at radius 1 is 0.326 bits per heavy atom. The Kier molecular flexibility index (Phi) is 9.62. The van der Waals surface area contributed by atoms with Crippen molar-refractivity contribution in [2.24, 2.45) is 0 Å². The van der Waals surface area contributed by atoms with E-state index in [2.05, 4.69) is 0 Å². The summed E-state index contributed by atoms with van der Waals surface area (Å²) in [6.45, 7) is 5.11. The maximum Gasteiger partial charge on any atom is 0.200 e. The third-order valence-corrected chi connectivity index (χ3v) is 13.9. The fourth-order valence-corrected chi connectivity index (χ4v) is 12.0. The van der Waals surface area contributed by atoms with Crippen LogP contribution in [0.1, 0.15) is 41.5 Å². The average Bonchev–Trinajstić information content (AvgIpc) is 2.93. The van der Waals surface area contributed by atoms with E-state index in [1.165, 1.54) is 41.5 Å². The number of hydrogen-bond donors (Lipinski definition) is 0. The molecule has 1 radical (unpaired) electrons. The summed E-state index contributed by atoms with van der Waals surface area (Å²) in [5.41, 5.74) is -9.52. The lowest BCUT2D eigenvalue weighted by Crippen LogP contribution is -2.61. The van der Waals surface area contributed by atoms with Gasteiger partial charge in [-0.1, -0.05) is 0 Å². The molecule has 0 N–H and O–H groups in total. The second-order valence-corrected chi connectivity index (χ2v) is 15.7. The normalized spacial score (nSPS) is 12.6. The van der Waals surface area contributed by atoms with E-state index in [-0.39, 0.29) is 0 Å². The zero-order valence-electron chi connectivity index (χ0n) is 23.0. The van der Waals surface area contributed by atoms with Crippen LogP contribution < -0.4 is 21.7 Å². The molecule has 0 aromatic heterocycles. The van der Waals surface area contributed by atoms with E-state index in [0.29, 0.717) is 0 Å². The molecule has 0 amide bonds. The van der Waals surface area contributed by atoms with Crippen LogP contribution in [-0.2, 0) is 0 Å². The molecule has 3 aromatic rings. The molecule has 3 aromatic carbocycles. The van der Waals surface area contributed by atoms with Gasteiger partial charge in [-0.2, -0.15) is 25.2 Å². The molecule has 0 atom stereocenters. The fraction of sp³-hybridized carbons (Fsp3) is 0.333. The number of halogens is 14. The molecule has 0 saturated carbocycles. The smallest absolute Gasteiger partial charge is 0.200 e. The first-order valence-corrected chi connectivity index (χ1v) is 14.5. The first-order valence-electron chi connectivity index (χ1n) is 12.5. The van der Waals surface area contributed by atoms with Crippen molar-refractivity contribution in [3.05, 3.63) is 81.4 Å². The van der Waals surface area contributed by atoms with Gasteiger partial charge in [-0.25, -0.2) is 52.7 Å². The second kappa shape index (κ2) is 11.9. The summed E-state index contributed by atoms with van der Waals surface area (Å²) in [4.78, 5) is 0. The van der Waals surface area contributed by atoms with Crippen LogP contribution in [0.5, 0.6) is 0 Å². The molecule has 43 heavy (non-hydrogen) atoms. The van der Waals surface area contributed by atoms with Gasteiger partial charge in [0, 0.05) is 0 Å². The highest BCUT2D eigenvalue weighted by Crippen LogP contribution is 2.69. The quantitative estimate of drug-likeness (QED) is 0.0847. The SMILES string of the molecule is CC(C)[P+](c1c(F)c(F)c([B-](c2c(F)c(F)c(F)c(F)c2F)c2c(F)c(F)c(F)c(F)c2F)c(F)c1F)(C(C)C)C(C)C. The van der Waals surface area contributed by atoms with Crippen LogP contribution in [0.3, 0.4) is 0 Å². The predicted molar refractivity (Wildman–Crippen MR) is 135 cm³/mol. The lowest BCUT2D eigenvalue weighted by atomic mass is 9.36. The van der Waals surface area contributed by atoms with E-state index in [9.17, 15) is 43.9 Å². The highest BCUT2D eigenvalue weighted by atomic mass is 31.2. The molecule has 0 aliphatic rings. The van der Waals surface area contributed by atoms with E-state index in [0.717, 1.165) is 0 Å². The minimum Gasteiger partial charge on any atom is -0.207 e. The maximum atomic E-state index is 16.0. The van der Waals surface area contributed by atoms with Crippen molar-refractivity contribution in [2.75, 3.05) is 0 Å². The molecule has 0 aliphatic carbocycles. The molecular formula is C27H21BF14P. The van der Waals surface area contributed by atoms with Crippen LogP contribution in [0.25, 0.3) is 0 Å². The van der Waals surface area contributed by atoms with Gasteiger partial charge in [-0.05, 0) is 48.3 Å². The Labute approximate surface area is 237 Å². The molecule has 0 nitrogen and oxygen atoms in total. The lowest BCUT2D eigenvalue weighted by Gasteiger charge is -2.39. The summed E-state index contributed by atoms with van der Waals surface area (Å²) in [5.74, 6) is -39.0. The molecule has 0 saturated heterocycles. The van der Waals surface area contributed by atoms with Gasteiger partial charge < -0.3 is 0 Å². The number of benzene rings is 3. The molecule has 235 valence electrons. The molecule has 0 unspecified atom stereocenters. The number of hydrogen-bond acceptors (Lipinski definition) is 0. The molecule has 0 heterocycles. The first-order chi connectivity index (χ1) is 19.7. The summed E-state index contributed by atoms with van der Waals surface area (Å²) in [5, 5.41) is -1.15. The van der Waals surface area contributed by atoms with Crippen molar-refractivity contribution in [3.8, 4) is 0 Å². The maximum absolute atomic E-state index is 16.0. The summed E-state index contributed by atoms with van der Waals surface area (Å²) in [6.07, 6.45) is 0. The predicted octanol–water partition coefficient (Wildman–Crippen LogP) is 7.02. The summed E-state index contributed by atoms with van der Waals surface area (Å²) in [7, 11) is -3.34. The molecule has 16 heteroatoms. The van der Waals surface area contributed by atoms with Crippen molar-refractivity contribution in [1.82, 2.24) is 0 Å². The van der Waals surface area contributed by atoms with Crippen LogP contribution in [0.15, 0.2) is 0 Å². The van der Waals surface area contributed by atoms with Crippen LogP contribution >= 0.6 is 7.26 Å². The highest BCUT2D eigenvalue weighted by Gasteiger charge is 2.55. The van der Waals surface area contributed by atoms with Gasteiger partial charge >= 0.3 is 0 Å². The average molecular weight is 653 g/mol. The zero-order valence-corrected chi connectivity index (χ0v) is 23.9. The fourth-order valence-electron chi connectivity index (χ4n) is 5.98. The van der Waals surface area contributed by atoms with Crippen LogP contribution in [0, 0.1) is 81.4 Å². The van der Waals surface area contributed by atoms with E-state index < -0.39 is 134 Å². The standard InChI is InChI=1S/C27H21BF14P/c1-7(2)43(8(3)4,9(5)6)27-25(41)17(33)12(18(34)26(27)42)28(10-13(29)19(35)23(39)20(36)14(10)30)11-15(31)21(37)24(40)22(38)16(11)32/h7-9H,1-6H3. The van der Waals surface area contributed by atoms with Crippen LogP contribution in [-0.4, -0.2) is 23.7 Å². The topological polar surface area (TPSA) is 0 Å². The second-order valence-electron chi connectivity index (χ2n) is 10.5. The third-order valence-electron chi connectivity index (χ3n) is 7.58. The Balaban J connectivity index is 2.72. The van der Waals surface area contributed by atoms with Gasteiger partial charge in [-0.15, -0.1) is 0 Å². The monoisotopic (exact) mass is 653 g/mol. The van der Waals surface area contributed by atoms with Gasteiger partial charge in [0.1, 0.15) is 34.9 Å². The van der Waals surface area contributed by atoms with Crippen molar-refractivity contribution >= 4 is 35.7 Å². The van der Waals surface area contributed by atoms with E-state index in [4.69, 9.17) is 0 Å². The van der Waals surface area contributed by atoms with Crippen LogP contribution in [0.2, 0.25) is 0 Å². The summed E-state index contributed by atoms with van der Waals surface area (Å²) < 4.78 is 208. The van der Waals surface area contributed by atoms with Crippen molar-refractivity contribution in [2.45, 2.75) is 58.5 Å². The largest absolute Gasteiger partial charge is 0.207 e. The van der Waals surface area contributed by atoms with Gasteiger partial charge in [0.25, 0.3) is 0 Å². The van der Waals surface area contributed by atoms with Crippen molar-refractivity contribution < 1.29 is 61.5 Å². The molecule has 0 bridgehead atoms. The Bertz CT molecular complexity index is 1440. The highest BCUT2D eigenvalue weighted by molar-refractivity contribution is 7.84. The minimum atomic E-state index is -3.82. The van der Waals surface area contributed by atoms with Crippen LogP contribution in [0.4, 0.5) is 61.5 Å². The molecule has 0 fully saturated rings. The number of rotatable bonds is 7. The molecule has 3 rings (SSSR count). The van der Waals surface area contributed by atoms with E-state index >= 15 is 17.6 Å². The minimum absolute atomic E-state index is 0.678. The van der Waals surface area contributed by atoms with Gasteiger partial charge in [-0.3, -0.25) is 0 Å².